The maximum absolute atomic E-state index is 12.6. The smallest absolute Gasteiger partial charge is 0.243 e. The first-order valence-corrected chi connectivity index (χ1v) is 11.3. The molecule has 0 bridgehead atoms. The number of sulfonamides is 1. The Balaban J connectivity index is 1.71. The average molecular weight is 424 g/mol. The lowest BCUT2D eigenvalue weighted by Crippen LogP contribution is -2.30. The zero-order valence-corrected chi connectivity index (χ0v) is 18.1. The average Bonchev–Trinajstić information content (AvgIpc) is 2.75. The van der Waals surface area contributed by atoms with Crippen LogP contribution in [0.3, 0.4) is 0 Å². The van der Waals surface area contributed by atoms with Crippen LogP contribution in [0.4, 0.5) is 0 Å². The molecule has 0 aromatic heterocycles. The van der Waals surface area contributed by atoms with Crippen LogP contribution in [0.2, 0.25) is 0 Å². The maximum atomic E-state index is 12.6. The van der Waals surface area contributed by atoms with Gasteiger partial charge in [-0.1, -0.05) is 43.7 Å². The van der Waals surface area contributed by atoms with Crippen molar-refractivity contribution in [3.8, 4) is 11.5 Å². The summed E-state index contributed by atoms with van der Waals surface area (Å²) in [5, 5.41) is 0. The molecule has 3 aromatic carbocycles. The minimum absolute atomic E-state index is 0.0486. The Labute approximate surface area is 178 Å². The van der Waals surface area contributed by atoms with E-state index >= 15 is 0 Å². The summed E-state index contributed by atoms with van der Waals surface area (Å²) in [6, 6.07) is 20.7. The maximum Gasteiger partial charge on any atom is 0.243 e. The lowest BCUT2D eigenvalue weighted by Gasteiger charge is -2.18. The number of benzene rings is 3. The highest BCUT2D eigenvalue weighted by atomic mass is 32.2. The highest BCUT2D eigenvalue weighted by Crippen LogP contribution is 2.25. The molecule has 156 valence electrons. The molecular formula is C24H25NO4S. The summed E-state index contributed by atoms with van der Waals surface area (Å²) in [5.41, 5.74) is 2.32. The molecule has 0 radical (unpaired) electrons. The Hall–Kier alpha value is -2.96. The van der Waals surface area contributed by atoms with Gasteiger partial charge < -0.3 is 4.74 Å². The number of carbonyl (C=O) groups is 1. The molecule has 30 heavy (non-hydrogen) atoms. The third-order valence-corrected chi connectivity index (χ3v) is 6.90. The van der Waals surface area contributed by atoms with Crippen LogP contribution in [0.1, 0.15) is 35.3 Å². The van der Waals surface area contributed by atoms with Crippen molar-refractivity contribution in [2.24, 2.45) is 0 Å². The van der Waals surface area contributed by atoms with Gasteiger partial charge in [0.25, 0.3) is 0 Å². The van der Waals surface area contributed by atoms with Gasteiger partial charge in [0, 0.05) is 24.2 Å². The minimum Gasteiger partial charge on any atom is -0.457 e. The largest absolute Gasteiger partial charge is 0.457 e. The van der Waals surface area contributed by atoms with E-state index in [1.54, 1.807) is 36.4 Å². The van der Waals surface area contributed by atoms with Crippen molar-refractivity contribution in [1.82, 2.24) is 4.31 Å². The minimum atomic E-state index is -3.49. The number of rotatable bonds is 8. The van der Waals surface area contributed by atoms with E-state index in [1.807, 2.05) is 45.0 Å². The summed E-state index contributed by atoms with van der Waals surface area (Å²) >= 11 is 0. The molecule has 0 saturated heterocycles. The first-order valence-electron chi connectivity index (χ1n) is 9.84. The summed E-state index contributed by atoms with van der Waals surface area (Å²) in [6.45, 7) is 6.44. The van der Waals surface area contributed by atoms with E-state index in [-0.39, 0.29) is 10.7 Å². The molecule has 0 atom stereocenters. The van der Waals surface area contributed by atoms with Crippen molar-refractivity contribution in [2.75, 3.05) is 13.1 Å². The van der Waals surface area contributed by atoms with Gasteiger partial charge in [-0.25, -0.2) is 8.42 Å². The van der Waals surface area contributed by atoms with Crippen LogP contribution in [0.5, 0.6) is 11.5 Å². The van der Waals surface area contributed by atoms with Gasteiger partial charge in [0.15, 0.2) is 5.78 Å². The monoisotopic (exact) mass is 423 g/mol. The fourth-order valence-corrected chi connectivity index (χ4v) is 4.53. The topological polar surface area (TPSA) is 63.7 Å². The van der Waals surface area contributed by atoms with Gasteiger partial charge in [0.05, 0.1) is 4.90 Å². The van der Waals surface area contributed by atoms with Crippen molar-refractivity contribution in [1.29, 1.82) is 0 Å². The summed E-state index contributed by atoms with van der Waals surface area (Å²) in [6.07, 6.45) is 0. The molecular weight excluding hydrogens is 398 g/mol. The van der Waals surface area contributed by atoms with E-state index in [0.29, 0.717) is 35.7 Å². The molecule has 0 N–H and O–H groups in total. The molecule has 0 aliphatic rings. The fourth-order valence-electron chi connectivity index (χ4n) is 3.07. The van der Waals surface area contributed by atoms with E-state index < -0.39 is 10.0 Å². The molecule has 0 amide bonds. The first-order chi connectivity index (χ1) is 14.3. The number of ketones is 1. The molecule has 0 heterocycles. The zero-order valence-electron chi connectivity index (χ0n) is 17.3. The summed E-state index contributed by atoms with van der Waals surface area (Å²) < 4.78 is 32.3. The predicted molar refractivity (Wildman–Crippen MR) is 118 cm³/mol. The highest BCUT2D eigenvalue weighted by Gasteiger charge is 2.21. The standard InChI is InChI=1S/C24H25NO4S/c1-4-25(5-2)30(27,28)23-16-14-22(15-17-23)29-21-12-10-20(11-13-21)24(26)19-8-6-18(3)7-9-19/h6-17H,4-5H2,1-3H3. The highest BCUT2D eigenvalue weighted by molar-refractivity contribution is 7.89. The van der Waals surface area contributed by atoms with Crippen molar-refractivity contribution >= 4 is 15.8 Å². The Morgan fingerprint density at radius 3 is 1.67 bits per heavy atom. The molecule has 3 rings (SSSR count). The second-order valence-electron chi connectivity index (χ2n) is 6.88. The molecule has 0 spiro atoms. The van der Waals surface area contributed by atoms with Gasteiger partial charge >= 0.3 is 0 Å². The quantitative estimate of drug-likeness (QED) is 0.476. The Kier molecular flexibility index (Phi) is 6.70. The lowest BCUT2D eigenvalue weighted by molar-refractivity contribution is 0.103. The second kappa shape index (κ2) is 9.24. The fraction of sp³-hybridized carbons (Fsp3) is 0.208. The Morgan fingerprint density at radius 2 is 1.20 bits per heavy atom. The van der Waals surface area contributed by atoms with Crippen molar-refractivity contribution in [2.45, 2.75) is 25.7 Å². The van der Waals surface area contributed by atoms with Gasteiger partial charge in [-0.15, -0.1) is 0 Å². The normalized spacial score (nSPS) is 11.5. The summed E-state index contributed by atoms with van der Waals surface area (Å²) in [7, 11) is -3.49. The molecule has 0 aliphatic heterocycles. The van der Waals surface area contributed by atoms with Crippen LogP contribution in [-0.2, 0) is 10.0 Å². The van der Waals surface area contributed by atoms with E-state index in [1.165, 1.54) is 16.4 Å². The van der Waals surface area contributed by atoms with Crippen molar-refractivity contribution < 1.29 is 17.9 Å². The van der Waals surface area contributed by atoms with Crippen LogP contribution >= 0.6 is 0 Å². The van der Waals surface area contributed by atoms with Crippen LogP contribution in [0, 0.1) is 6.92 Å². The number of ether oxygens (including phenoxy) is 1. The van der Waals surface area contributed by atoms with Gasteiger partial charge in [0.1, 0.15) is 11.5 Å². The van der Waals surface area contributed by atoms with Gasteiger partial charge in [-0.05, 0) is 55.5 Å². The van der Waals surface area contributed by atoms with Gasteiger partial charge in [-0.3, -0.25) is 4.79 Å². The third kappa shape index (κ3) is 4.78. The van der Waals surface area contributed by atoms with Gasteiger partial charge in [0.2, 0.25) is 10.0 Å². The summed E-state index contributed by atoms with van der Waals surface area (Å²) in [4.78, 5) is 12.8. The Bertz CT molecular complexity index is 1100. The van der Waals surface area contributed by atoms with Gasteiger partial charge in [-0.2, -0.15) is 4.31 Å². The first kappa shape index (κ1) is 21.7. The van der Waals surface area contributed by atoms with Crippen molar-refractivity contribution in [3.63, 3.8) is 0 Å². The number of aryl methyl sites for hydroxylation is 1. The number of hydrogen-bond donors (Lipinski definition) is 0. The zero-order chi connectivity index (χ0) is 21.7. The third-order valence-electron chi connectivity index (χ3n) is 4.83. The molecule has 3 aromatic rings. The lowest BCUT2D eigenvalue weighted by atomic mass is 10.0. The van der Waals surface area contributed by atoms with Crippen LogP contribution < -0.4 is 4.74 Å². The molecule has 5 nitrogen and oxygen atoms in total. The molecule has 0 unspecified atom stereocenters. The number of hydrogen-bond acceptors (Lipinski definition) is 4. The SMILES string of the molecule is CCN(CC)S(=O)(=O)c1ccc(Oc2ccc(C(=O)c3ccc(C)cc3)cc2)cc1. The Morgan fingerprint density at radius 1 is 0.767 bits per heavy atom. The van der Waals surface area contributed by atoms with Crippen LogP contribution in [0.15, 0.2) is 77.7 Å². The molecule has 0 fully saturated rings. The van der Waals surface area contributed by atoms with Crippen LogP contribution in [0.25, 0.3) is 0 Å². The van der Waals surface area contributed by atoms with E-state index in [2.05, 4.69) is 0 Å². The molecule has 0 aliphatic carbocycles. The van der Waals surface area contributed by atoms with Crippen LogP contribution in [-0.4, -0.2) is 31.6 Å². The molecule has 0 saturated carbocycles. The van der Waals surface area contributed by atoms with E-state index in [9.17, 15) is 13.2 Å². The number of nitrogens with zero attached hydrogens (tertiary/aromatic N) is 1. The number of carbonyl (C=O) groups excluding carboxylic acids is 1. The van der Waals surface area contributed by atoms with Crippen molar-refractivity contribution in [3.05, 3.63) is 89.5 Å². The van der Waals surface area contributed by atoms with E-state index in [0.717, 1.165) is 5.56 Å². The predicted octanol–water partition coefficient (Wildman–Crippen LogP) is 5.05. The van der Waals surface area contributed by atoms with E-state index in [4.69, 9.17) is 4.74 Å². The second-order valence-corrected chi connectivity index (χ2v) is 8.82. The molecule has 6 heteroatoms. The summed E-state index contributed by atoms with van der Waals surface area (Å²) in [5.74, 6) is 1.04.